The van der Waals surface area contributed by atoms with E-state index in [0.717, 1.165) is 17.5 Å². The van der Waals surface area contributed by atoms with Crippen LogP contribution >= 0.6 is 12.4 Å². The molecule has 1 aromatic carbocycles. The van der Waals surface area contributed by atoms with E-state index in [4.69, 9.17) is 9.84 Å². The van der Waals surface area contributed by atoms with Crippen LogP contribution in [0.1, 0.15) is 18.1 Å². The van der Waals surface area contributed by atoms with Crippen LogP contribution in [0, 0.1) is 0 Å². The van der Waals surface area contributed by atoms with Gasteiger partial charge in [-0.05, 0) is 42.7 Å². The molecule has 0 aliphatic rings. The average Bonchev–Trinajstić information content (AvgIpc) is 2.42. The molecule has 106 valence electrons. The highest BCUT2D eigenvalue weighted by molar-refractivity contribution is 5.85. The van der Waals surface area contributed by atoms with Crippen LogP contribution in [0.5, 0.6) is 5.75 Å². The Morgan fingerprint density at radius 3 is 2.50 bits per heavy atom. The number of hydrogen-bond donors (Lipinski definition) is 1. The van der Waals surface area contributed by atoms with Crippen molar-refractivity contribution in [2.75, 3.05) is 0 Å². The number of nitrogens with zero attached hydrogens (tertiary/aromatic N) is 1. The van der Waals surface area contributed by atoms with E-state index in [0.29, 0.717) is 5.75 Å². The number of rotatable bonds is 5. The largest absolute Gasteiger partial charge is 0.479 e. The summed E-state index contributed by atoms with van der Waals surface area (Å²) in [6.45, 7) is 1.51. The first kappa shape index (κ1) is 16.0. The molecule has 0 aliphatic carbocycles. The standard InChI is InChI=1S/C15H15NO3.ClH/c1-11(15(17)18)19-14-6-4-12(5-7-14)9-13-3-2-8-16-10-13;/h2-8,10-11H,9H2,1H3,(H,17,18);1H. The molecule has 1 heterocycles. The lowest BCUT2D eigenvalue weighted by Crippen LogP contribution is -2.22. The second-order valence-corrected chi connectivity index (χ2v) is 4.28. The smallest absolute Gasteiger partial charge is 0.344 e. The maximum Gasteiger partial charge on any atom is 0.344 e. The van der Waals surface area contributed by atoms with Gasteiger partial charge in [0.2, 0.25) is 0 Å². The molecule has 0 saturated carbocycles. The molecule has 1 aromatic heterocycles. The van der Waals surface area contributed by atoms with Crippen LogP contribution < -0.4 is 4.74 Å². The molecule has 0 radical (unpaired) electrons. The molecule has 20 heavy (non-hydrogen) atoms. The monoisotopic (exact) mass is 293 g/mol. The molecular weight excluding hydrogens is 278 g/mol. The van der Waals surface area contributed by atoms with Crippen molar-refractivity contribution in [3.05, 3.63) is 59.9 Å². The number of carboxylic acid groups (broad SMARTS) is 1. The first-order chi connectivity index (χ1) is 9.15. The minimum Gasteiger partial charge on any atom is -0.479 e. The van der Waals surface area contributed by atoms with Gasteiger partial charge in [0.1, 0.15) is 5.75 Å². The van der Waals surface area contributed by atoms with E-state index >= 15 is 0 Å². The highest BCUT2D eigenvalue weighted by Crippen LogP contribution is 2.16. The lowest BCUT2D eigenvalue weighted by atomic mass is 10.1. The highest BCUT2D eigenvalue weighted by atomic mass is 35.5. The van der Waals surface area contributed by atoms with Crippen molar-refractivity contribution >= 4 is 18.4 Å². The van der Waals surface area contributed by atoms with Gasteiger partial charge in [-0.1, -0.05) is 18.2 Å². The van der Waals surface area contributed by atoms with E-state index in [1.54, 1.807) is 18.3 Å². The van der Waals surface area contributed by atoms with Gasteiger partial charge in [0.25, 0.3) is 0 Å². The van der Waals surface area contributed by atoms with Crippen LogP contribution in [0.25, 0.3) is 0 Å². The molecule has 0 aliphatic heterocycles. The summed E-state index contributed by atoms with van der Waals surface area (Å²) in [5.74, 6) is -0.413. The number of carboxylic acids is 1. The number of halogens is 1. The van der Waals surface area contributed by atoms with Crippen LogP contribution in [0.3, 0.4) is 0 Å². The Labute approximate surface area is 123 Å². The first-order valence-corrected chi connectivity index (χ1v) is 6.02. The molecule has 1 atom stereocenters. The molecule has 0 saturated heterocycles. The number of benzene rings is 1. The molecule has 5 heteroatoms. The second-order valence-electron chi connectivity index (χ2n) is 4.28. The predicted octanol–water partition coefficient (Wildman–Crippen LogP) is 2.95. The topological polar surface area (TPSA) is 59.4 Å². The summed E-state index contributed by atoms with van der Waals surface area (Å²) in [5.41, 5.74) is 2.26. The van der Waals surface area contributed by atoms with Crippen molar-refractivity contribution in [2.45, 2.75) is 19.4 Å². The van der Waals surface area contributed by atoms with Crippen LogP contribution in [-0.2, 0) is 11.2 Å². The van der Waals surface area contributed by atoms with Gasteiger partial charge < -0.3 is 9.84 Å². The summed E-state index contributed by atoms with van der Waals surface area (Å²) >= 11 is 0. The Morgan fingerprint density at radius 2 is 1.95 bits per heavy atom. The maximum atomic E-state index is 10.7. The van der Waals surface area contributed by atoms with Gasteiger partial charge >= 0.3 is 5.97 Å². The first-order valence-electron chi connectivity index (χ1n) is 6.02. The summed E-state index contributed by atoms with van der Waals surface area (Å²) in [5, 5.41) is 8.76. The van der Waals surface area contributed by atoms with Crippen LogP contribution in [0.4, 0.5) is 0 Å². The minimum absolute atomic E-state index is 0. The van der Waals surface area contributed by atoms with E-state index in [2.05, 4.69) is 4.98 Å². The van der Waals surface area contributed by atoms with Gasteiger partial charge in [0, 0.05) is 12.4 Å². The molecule has 1 unspecified atom stereocenters. The quantitative estimate of drug-likeness (QED) is 0.921. The fourth-order valence-corrected chi connectivity index (χ4v) is 1.68. The fraction of sp³-hybridized carbons (Fsp3) is 0.200. The summed E-state index contributed by atoms with van der Waals surface area (Å²) in [7, 11) is 0. The molecule has 1 N–H and O–H groups in total. The number of pyridine rings is 1. The third kappa shape index (κ3) is 4.55. The lowest BCUT2D eigenvalue weighted by Gasteiger charge is -2.10. The van der Waals surface area contributed by atoms with Gasteiger partial charge in [-0.15, -0.1) is 12.4 Å². The molecule has 4 nitrogen and oxygen atoms in total. The van der Waals surface area contributed by atoms with Crippen molar-refractivity contribution in [1.82, 2.24) is 4.98 Å². The third-order valence-electron chi connectivity index (χ3n) is 2.72. The molecule has 2 aromatic rings. The number of aromatic nitrogens is 1. The van der Waals surface area contributed by atoms with Crippen LogP contribution in [0.2, 0.25) is 0 Å². The van der Waals surface area contributed by atoms with Crippen molar-refractivity contribution in [1.29, 1.82) is 0 Å². The number of ether oxygens (including phenoxy) is 1. The Morgan fingerprint density at radius 1 is 1.25 bits per heavy atom. The van der Waals surface area contributed by atoms with Crippen LogP contribution in [0.15, 0.2) is 48.8 Å². The molecule has 0 spiro atoms. The maximum absolute atomic E-state index is 10.7. The van der Waals surface area contributed by atoms with Gasteiger partial charge in [-0.2, -0.15) is 0 Å². The van der Waals surface area contributed by atoms with Crippen LogP contribution in [-0.4, -0.2) is 22.2 Å². The molecule has 0 fully saturated rings. The zero-order chi connectivity index (χ0) is 13.7. The zero-order valence-electron chi connectivity index (χ0n) is 11.0. The van der Waals surface area contributed by atoms with Crippen molar-refractivity contribution in [3.63, 3.8) is 0 Å². The summed E-state index contributed by atoms with van der Waals surface area (Å²) in [6, 6.07) is 11.3. The third-order valence-corrected chi connectivity index (χ3v) is 2.72. The van der Waals surface area contributed by atoms with Gasteiger partial charge in [0.15, 0.2) is 6.10 Å². The Kier molecular flexibility index (Phi) is 6.00. The summed E-state index contributed by atoms with van der Waals surface area (Å²) < 4.78 is 5.27. The zero-order valence-corrected chi connectivity index (χ0v) is 11.8. The van der Waals surface area contributed by atoms with Crippen molar-refractivity contribution < 1.29 is 14.6 Å². The van der Waals surface area contributed by atoms with E-state index in [-0.39, 0.29) is 12.4 Å². The van der Waals surface area contributed by atoms with Crippen molar-refractivity contribution in [2.24, 2.45) is 0 Å². The predicted molar refractivity (Wildman–Crippen MR) is 78.5 cm³/mol. The SMILES string of the molecule is CC(Oc1ccc(Cc2cccnc2)cc1)C(=O)O.Cl. The Balaban J connectivity index is 0.00000200. The summed E-state index contributed by atoms with van der Waals surface area (Å²) in [6.07, 6.45) is 3.52. The Bertz CT molecular complexity index is 543. The van der Waals surface area contributed by atoms with E-state index in [9.17, 15) is 4.79 Å². The van der Waals surface area contributed by atoms with Gasteiger partial charge in [-0.25, -0.2) is 4.79 Å². The lowest BCUT2D eigenvalue weighted by molar-refractivity contribution is -0.144. The molecular formula is C15H16ClNO3. The van der Waals surface area contributed by atoms with E-state index < -0.39 is 12.1 Å². The van der Waals surface area contributed by atoms with Crippen molar-refractivity contribution in [3.8, 4) is 5.75 Å². The average molecular weight is 294 g/mol. The fourth-order valence-electron chi connectivity index (χ4n) is 1.68. The van der Waals surface area contributed by atoms with Gasteiger partial charge in [-0.3, -0.25) is 4.98 Å². The highest BCUT2D eigenvalue weighted by Gasteiger charge is 2.11. The van der Waals surface area contributed by atoms with E-state index in [1.807, 2.05) is 30.5 Å². The molecule has 0 bridgehead atoms. The summed E-state index contributed by atoms with van der Waals surface area (Å²) in [4.78, 5) is 14.7. The van der Waals surface area contributed by atoms with Gasteiger partial charge in [0.05, 0.1) is 0 Å². The molecule has 0 amide bonds. The number of aliphatic carboxylic acids is 1. The normalized spacial score (nSPS) is 11.2. The second kappa shape index (κ2) is 7.50. The number of carbonyl (C=O) groups is 1. The van der Waals surface area contributed by atoms with E-state index in [1.165, 1.54) is 6.92 Å². The molecule has 2 rings (SSSR count). The Hall–Kier alpha value is -2.07. The number of hydrogen-bond acceptors (Lipinski definition) is 3. The minimum atomic E-state index is -0.973.